The number of ether oxygens (including phenoxy) is 3. The zero-order valence-electron chi connectivity index (χ0n) is 36.2. The van der Waals surface area contributed by atoms with Crippen molar-refractivity contribution in [2.45, 2.75) is 210 Å². The molecule has 1 heterocycles. The Labute approximate surface area is 358 Å². The van der Waals surface area contributed by atoms with E-state index >= 15 is 0 Å². The zero-order valence-corrected chi connectivity index (χ0v) is 37.1. The van der Waals surface area contributed by atoms with Crippen molar-refractivity contribution >= 4 is 19.8 Å². The fourth-order valence-electron chi connectivity index (χ4n) is 6.84. The van der Waals surface area contributed by atoms with Crippen LogP contribution in [-0.4, -0.2) is 111 Å². The van der Waals surface area contributed by atoms with Crippen molar-refractivity contribution in [2.24, 2.45) is 0 Å². The molecular formula is C45H77O14P. The summed E-state index contributed by atoms with van der Waals surface area (Å²) in [6, 6.07) is 0. The minimum Gasteiger partial charge on any atom is -0.462 e. The van der Waals surface area contributed by atoms with E-state index in [1.165, 1.54) is 19.3 Å². The Hall–Kier alpha value is -2.23. The molecule has 0 bridgehead atoms. The van der Waals surface area contributed by atoms with Crippen LogP contribution in [0.1, 0.15) is 155 Å². The maximum absolute atomic E-state index is 12.8. The van der Waals surface area contributed by atoms with Gasteiger partial charge in [-0.15, -0.1) is 0 Å². The largest absolute Gasteiger partial charge is 0.472 e. The fourth-order valence-corrected chi connectivity index (χ4v) is 7.81. The number of hydrogen-bond acceptors (Lipinski definition) is 13. The van der Waals surface area contributed by atoms with Gasteiger partial charge in [-0.25, -0.2) is 4.57 Å². The second-order valence-corrected chi connectivity index (χ2v) is 17.3. The third kappa shape index (κ3) is 24.4. The lowest BCUT2D eigenvalue weighted by atomic mass is 9.85. The molecule has 2 aliphatic rings. The highest BCUT2D eigenvalue weighted by molar-refractivity contribution is 7.47. The van der Waals surface area contributed by atoms with Gasteiger partial charge in [-0.3, -0.25) is 18.6 Å². The molecule has 6 N–H and O–H groups in total. The average Bonchev–Trinajstić information content (AvgIpc) is 3.99. The molecule has 10 atom stereocenters. The molecule has 14 nitrogen and oxygen atoms in total. The minimum atomic E-state index is -5.13. The van der Waals surface area contributed by atoms with Gasteiger partial charge in [0.25, 0.3) is 0 Å². The number of aliphatic hydroxyl groups excluding tert-OH is 5. The standard InChI is InChI=1S/C45H77O14P/c1-3-5-7-9-11-12-13-14-15-16-17-18-19-23-28-32-39(47)57-35(34-56-60(53,54)59-45-43(51)41(49)40(48)42(50)44(45)52)33-55-38(46)31-27-24-20-22-26-30-37-36(58-37)29-25-21-10-8-6-4-2/h5,7,11-12,14-15,21,25,35-37,40-45,48-52H,3-4,6,8-10,13,16-20,22-24,26-34H2,1-2H3,(H,53,54)/b7-5-,12-11-,15-14-,25-21-/t35-,36?,37?,40?,41-,42+,43-,44-,45?/m1/s1. The molecule has 0 spiro atoms. The maximum atomic E-state index is 12.8. The lowest BCUT2D eigenvalue weighted by Gasteiger charge is -2.41. The van der Waals surface area contributed by atoms with Gasteiger partial charge in [0.15, 0.2) is 6.10 Å². The van der Waals surface area contributed by atoms with Crippen LogP contribution >= 0.6 is 7.82 Å². The van der Waals surface area contributed by atoms with E-state index in [2.05, 4.69) is 62.5 Å². The number of carbonyl (C=O) groups is 2. The van der Waals surface area contributed by atoms with Gasteiger partial charge in [0.1, 0.15) is 43.2 Å². The molecule has 1 saturated carbocycles. The number of carbonyl (C=O) groups excluding carboxylic acids is 2. The Morgan fingerprint density at radius 1 is 0.617 bits per heavy atom. The number of allylic oxidation sites excluding steroid dienone is 7. The second kappa shape index (κ2) is 32.4. The molecule has 2 rings (SSSR count). The van der Waals surface area contributed by atoms with Crippen LogP contribution in [0.25, 0.3) is 0 Å². The molecule has 0 aromatic rings. The first-order valence-electron chi connectivity index (χ1n) is 22.6. The average molecular weight is 873 g/mol. The summed E-state index contributed by atoms with van der Waals surface area (Å²) in [5, 5.41) is 50.1. The molecule has 1 aliphatic carbocycles. The van der Waals surface area contributed by atoms with Gasteiger partial charge in [0, 0.05) is 12.8 Å². The van der Waals surface area contributed by atoms with Crippen molar-refractivity contribution in [1.29, 1.82) is 0 Å². The third-order valence-corrected chi connectivity index (χ3v) is 11.6. The smallest absolute Gasteiger partial charge is 0.462 e. The van der Waals surface area contributed by atoms with E-state index in [4.69, 9.17) is 23.3 Å². The highest BCUT2D eigenvalue weighted by Gasteiger charge is 2.51. The lowest BCUT2D eigenvalue weighted by molar-refractivity contribution is -0.220. The molecule has 1 aliphatic heterocycles. The van der Waals surface area contributed by atoms with Crippen LogP contribution in [0.2, 0.25) is 0 Å². The number of hydrogen-bond donors (Lipinski definition) is 6. The van der Waals surface area contributed by atoms with Crippen LogP contribution in [-0.2, 0) is 37.4 Å². The first-order chi connectivity index (χ1) is 28.9. The Morgan fingerprint density at radius 3 is 1.80 bits per heavy atom. The van der Waals surface area contributed by atoms with Crippen LogP contribution in [0.4, 0.5) is 0 Å². The van der Waals surface area contributed by atoms with Crippen LogP contribution in [0, 0.1) is 0 Å². The molecule has 0 amide bonds. The molecule has 60 heavy (non-hydrogen) atoms. The summed E-state index contributed by atoms with van der Waals surface area (Å²) in [5.74, 6) is -1.15. The third-order valence-electron chi connectivity index (χ3n) is 10.6. The SMILES string of the molecule is CC/C=C\C/C=C\C/C=C\CCCCCCCC(=O)O[C@H](COC(=O)CCCCCCCC1OC1C/C=C\CCCCC)COP(=O)(O)OC1[C@H](O)[C@H](O)C(O)[C@H](O)[C@H]1O. The topological polar surface area (TPSA) is 222 Å². The van der Waals surface area contributed by atoms with Crippen molar-refractivity contribution in [1.82, 2.24) is 0 Å². The van der Waals surface area contributed by atoms with Gasteiger partial charge >= 0.3 is 19.8 Å². The fraction of sp³-hybridized carbons (Fsp3) is 0.778. The van der Waals surface area contributed by atoms with Crippen LogP contribution < -0.4 is 0 Å². The first-order valence-corrected chi connectivity index (χ1v) is 24.1. The summed E-state index contributed by atoms with van der Waals surface area (Å²) in [6.45, 7) is 3.11. The quantitative estimate of drug-likeness (QED) is 0.0120. The molecule has 346 valence electrons. The van der Waals surface area contributed by atoms with E-state index in [0.29, 0.717) is 25.0 Å². The minimum absolute atomic E-state index is 0.0691. The second-order valence-electron chi connectivity index (χ2n) is 15.9. The summed E-state index contributed by atoms with van der Waals surface area (Å²) in [7, 11) is -5.13. The van der Waals surface area contributed by atoms with Crippen LogP contribution in [0.15, 0.2) is 48.6 Å². The van der Waals surface area contributed by atoms with E-state index in [1.54, 1.807) is 0 Å². The van der Waals surface area contributed by atoms with Gasteiger partial charge in [-0.1, -0.05) is 120 Å². The number of esters is 2. The molecule has 15 heteroatoms. The van der Waals surface area contributed by atoms with Crippen molar-refractivity contribution in [3.05, 3.63) is 48.6 Å². The van der Waals surface area contributed by atoms with Gasteiger partial charge in [-0.2, -0.15) is 0 Å². The lowest BCUT2D eigenvalue weighted by Crippen LogP contribution is -2.64. The van der Waals surface area contributed by atoms with Crippen molar-refractivity contribution in [3.8, 4) is 0 Å². The Bertz CT molecular complexity index is 1300. The Balaban J connectivity index is 1.73. The van der Waals surface area contributed by atoms with Gasteiger partial charge in [0.2, 0.25) is 0 Å². The number of unbranched alkanes of at least 4 members (excludes halogenated alkanes) is 12. The summed E-state index contributed by atoms with van der Waals surface area (Å²) < 4.78 is 39.3. The molecule has 1 saturated heterocycles. The summed E-state index contributed by atoms with van der Waals surface area (Å²) in [5.41, 5.74) is 0. The molecule has 0 radical (unpaired) electrons. The molecular weight excluding hydrogens is 795 g/mol. The van der Waals surface area contributed by atoms with Crippen molar-refractivity contribution in [3.63, 3.8) is 0 Å². The van der Waals surface area contributed by atoms with E-state index in [1.807, 2.05) is 0 Å². The first kappa shape index (κ1) is 53.9. The summed E-state index contributed by atoms with van der Waals surface area (Å²) >= 11 is 0. The summed E-state index contributed by atoms with van der Waals surface area (Å²) in [6.07, 6.45) is 24.7. The predicted molar refractivity (Wildman–Crippen MR) is 230 cm³/mol. The van der Waals surface area contributed by atoms with E-state index < -0.39 is 75.7 Å². The van der Waals surface area contributed by atoms with Crippen molar-refractivity contribution in [2.75, 3.05) is 13.2 Å². The van der Waals surface area contributed by atoms with Crippen LogP contribution in [0.3, 0.4) is 0 Å². The Morgan fingerprint density at radius 2 is 1.15 bits per heavy atom. The van der Waals surface area contributed by atoms with Crippen molar-refractivity contribution < 1.29 is 67.8 Å². The van der Waals surface area contributed by atoms with Gasteiger partial charge < -0.3 is 44.6 Å². The van der Waals surface area contributed by atoms with Gasteiger partial charge in [0.05, 0.1) is 18.8 Å². The Kier molecular flexibility index (Phi) is 29.1. The number of phosphoric ester groups is 1. The summed E-state index contributed by atoms with van der Waals surface area (Å²) in [4.78, 5) is 35.7. The van der Waals surface area contributed by atoms with Gasteiger partial charge in [-0.05, 0) is 70.6 Å². The zero-order chi connectivity index (χ0) is 44.0. The maximum Gasteiger partial charge on any atom is 0.472 e. The normalized spacial score (nSPS) is 26.0. The molecule has 0 aromatic carbocycles. The number of epoxide rings is 1. The number of phosphoric acid groups is 1. The van der Waals surface area contributed by atoms with E-state index in [9.17, 15) is 44.6 Å². The monoisotopic (exact) mass is 873 g/mol. The predicted octanol–water partition coefficient (Wildman–Crippen LogP) is 7.38. The number of aliphatic hydroxyl groups is 5. The van der Waals surface area contributed by atoms with E-state index in [-0.39, 0.29) is 12.8 Å². The number of rotatable bonds is 35. The van der Waals surface area contributed by atoms with E-state index in [0.717, 1.165) is 96.3 Å². The molecule has 2 fully saturated rings. The highest BCUT2D eigenvalue weighted by atomic mass is 31.2. The highest BCUT2D eigenvalue weighted by Crippen LogP contribution is 2.47. The molecule has 0 aromatic heterocycles. The van der Waals surface area contributed by atoms with Crippen LogP contribution in [0.5, 0.6) is 0 Å². The molecule has 5 unspecified atom stereocenters.